The zero-order chi connectivity index (χ0) is 18.7. The molecule has 0 saturated carbocycles. The molecule has 1 aliphatic rings. The highest BCUT2D eigenvalue weighted by Crippen LogP contribution is 2.27. The third-order valence-electron chi connectivity index (χ3n) is 4.56. The van der Waals surface area contributed by atoms with Crippen molar-refractivity contribution in [1.29, 1.82) is 0 Å². The number of aliphatic hydroxyl groups is 2. The van der Waals surface area contributed by atoms with Gasteiger partial charge in [0.15, 0.2) is 0 Å². The van der Waals surface area contributed by atoms with E-state index in [9.17, 15) is 15.0 Å². The van der Waals surface area contributed by atoms with Crippen LogP contribution in [0.4, 0.5) is 0 Å². The van der Waals surface area contributed by atoms with Crippen LogP contribution in [0.15, 0.2) is 48.5 Å². The van der Waals surface area contributed by atoms with Crippen molar-refractivity contribution < 1.29 is 19.7 Å². The summed E-state index contributed by atoms with van der Waals surface area (Å²) in [4.78, 5) is 14.3. The van der Waals surface area contributed by atoms with Crippen LogP contribution < -0.4 is 4.74 Å². The van der Waals surface area contributed by atoms with Gasteiger partial charge in [-0.2, -0.15) is 0 Å². The first-order valence-corrected chi connectivity index (χ1v) is 8.90. The van der Waals surface area contributed by atoms with Crippen molar-refractivity contribution in [2.75, 3.05) is 19.7 Å². The molecular weight excluding hydrogens is 330 g/mol. The second-order valence-electron chi connectivity index (χ2n) is 7.13. The van der Waals surface area contributed by atoms with E-state index in [1.807, 2.05) is 56.3 Å². The number of carbonyl (C=O) groups is 1. The molecule has 0 radical (unpaired) electrons. The molecule has 1 amide bonds. The lowest BCUT2D eigenvalue weighted by Gasteiger charge is -2.21. The molecule has 1 saturated heterocycles. The van der Waals surface area contributed by atoms with Crippen LogP contribution in [0, 0.1) is 0 Å². The Balaban J connectivity index is 1.82. The van der Waals surface area contributed by atoms with E-state index >= 15 is 0 Å². The molecule has 26 heavy (non-hydrogen) atoms. The Morgan fingerprint density at radius 2 is 1.88 bits per heavy atom. The quantitative estimate of drug-likeness (QED) is 0.865. The summed E-state index contributed by atoms with van der Waals surface area (Å²) in [6.07, 6.45) is 0.488. The van der Waals surface area contributed by atoms with Crippen LogP contribution in [0.1, 0.15) is 30.6 Å². The van der Waals surface area contributed by atoms with Gasteiger partial charge in [-0.15, -0.1) is 0 Å². The molecule has 2 N–H and O–H groups in total. The van der Waals surface area contributed by atoms with E-state index in [1.54, 1.807) is 11.0 Å². The first kappa shape index (κ1) is 18.4. The van der Waals surface area contributed by atoms with Gasteiger partial charge in [-0.05, 0) is 55.7 Å². The first-order valence-electron chi connectivity index (χ1n) is 8.90. The van der Waals surface area contributed by atoms with Crippen molar-refractivity contribution in [3.05, 3.63) is 54.1 Å². The average molecular weight is 355 g/mol. The second kappa shape index (κ2) is 7.48. The smallest absolute Gasteiger partial charge is 0.253 e. The lowest BCUT2D eigenvalue weighted by atomic mass is 10.0. The molecule has 0 aromatic heterocycles. The predicted octanol–water partition coefficient (Wildman–Crippen LogP) is 2.71. The highest BCUT2D eigenvalue weighted by Gasteiger charge is 2.37. The Labute approximate surface area is 153 Å². The molecule has 0 spiro atoms. The fourth-order valence-electron chi connectivity index (χ4n) is 3.19. The predicted molar refractivity (Wildman–Crippen MR) is 100 cm³/mol. The summed E-state index contributed by atoms with van der Waals surface area (Å²) < 4.78 is 5.74. The summed E-state index contributed by atoms with van der Waals surface area (Å²) in [5.41, 5.74) is 1.29. The zero-order valence-corrected chi connectivity index (χ0v) is 15.2. The molecule has 0 bridgehead atoms. The Morgan fingerprint density at radius 3 is 2.54 bits per heavy atom. The Morgan fingerprint density at radius 1 is 1.19 bits per heavy atom. The maximum Gasteiger partial charge on any atom is 0.253 e. The molecule has 138 valence electrons. The molecule has 3 rings (SSSR count). The maximum absolute atomic E-state index is 12.8. The second-order valence-corrected chi connectivity index (χ2v) is 7.13. The van der Waals surface area contributed by atoms with Crippen molar-refractivity contribution in [3.8, 4) is 16.9 Å². The van der Waals surface area contributed by atoms with E-state index in [0.717, 1.165) is 16.9 Å². The normalized spacial score (nSPS) is 19.8. The van der Waals surface area contributed by atoms with E-state index in [1.165, 1.54) is 0 Å². The van der Waals surface area contributed by atoms with E-state index in [2.05, 4.69) is 0 Å². The largest absolute Gasteiger partial charge is 0.491 e. The number of ether oxygens (including phenoxy) is 1. The van der Waals surface area contributed by atoms with Crippen molar-refractivity contribution in [2.45, 2.75) is 32.0 Å². The number of hydrogen-bond acceptors (Lipinski definition) is 4. The Hall–Kier alpha value is -2.37. The molecule has 1 aliphatic heterocycles. The number of benzene rings is 2. The minimum Gasteiger partial charge on any atom is -0.491 e. The van der Waals surface area contributed by atoms with E-state index in [-0.39, 0.29) is 25.2 Å². The number of carbonyl (C=O) groups excluding carboxylic acids is 1. The van der Waals surface area contributed by atoms with Gasteiger partial charge < -0.3 is 19.8 Å². The summed E-state index contributed by atoms with van der Waals surface area (Å²) in [5, 5.41) is 19.4. The number of nitrogens with zero attached hydrogens (tertiary/aromatic N) is 1. The van der Waals surface area contributed by atoms with Crippen molar-refractivity contribution in [1.82, 2.24) is 4.90 Å². The maximum atomic E-state index is 12.8. The average Bonchev–Trinajstić information content (AvgIpc) is 3.04. The number of likely N-dealkylation sites (tertiary alicyclic amines) is 1. The molecule has 1 fully saturated rings. The van der Waals surface area contributed by atoms with E-state index in [4.69, 9.17) is 4.74 Å². The number of amides is 1. The number of aliphatic hydroxyl groups excluding tert-OH is 1. The first-order chi connectivity index (χ1) is 12.4. The summed E-state index contributed by atoms with van der Waals surface area (Å²) >= 11 is 0. The topological polar surface area (TPSA) is 70.0 Å². The third-order valence-corrected chi connectivity index (χ3v) is 4.56. The molecular formula is C21H25NO4. The summed E-state index contributed by atoms with van der Waals surface area (Å²) in [6, 6.07) is 15.2. The standard InChI is InChI=1S/C21H25NO4/c1-15(2)26-19-8-4-6-17(12-19)16-5-3-7-18(11-16)20(24)22-10-9-21(25,13-22)14-23/h3-8,11-12,15,23,25H,9-10,13-14H2,1-2H3/t21-/m1/s1. The van der Waals surface area contributed by atoms with Gasteiger partial charge in [0, 0.05) is 12.1 Å². The molecule has 2 aromatic carbocycles. The molecule has 5 heteroatoms. The van der Waals surface area contributed by atoms with Crippen molar-refractivity contribution in [3.63, 3.8) is 0 Å². The van der Waals surface area contributed by atoms with Gasteiger partial charge in [0.05, 0.1) is 19.3 Å². The number of β-amino-alcohol motifs (C(OH)–C–C–N with tert-alkyl or cyclic N) is 1. The lowest BCUT2D eigenvalue weighted by Crippen LogP contribution is -2.38. The van der Waals surface area contributed by atoms with Crippen molar-refractivity contribution in [2.24, 2.45) is 0 Å². The molecule has 5 nitrogen and oxygen atoms in total. The summed E-state index contributed by atoms with van der Waals surface area (Å²) in [5.74, 6) is 0.660. The Kier molecular flexibility index (Phi) is 5.30. The third kappa shape index (κ3) is 4.06. The van der Waals surface area contributed by atoms with Crippen LogP contribution >= 0.6 is 0 Å². The van der Waals surface area contributed by atoms with Gasteiger partial charge in [0.2, 0.25) is 0 Å². The highest BCUT2D eigenvalue weighted by atomic mass is 16.5. The SMILES string of the molecule is CC(C)Oc1cccc(-c2cccc(C(=O)N3CC[C@](O)(CO)C3)c2)c1. The van der Waals surface area contributed by atoms with Crippen LogP contribution in [0.3, 0.4) is 0 Å². The van der Waals surface area contributed by atoms with Gasteiger partial charge in [0.1, 0.15) is 11.4 Å². The molecule has 0 unspecified atom stereocenters. The zero-order valence-electron chi connectivity index (χ0n) is 15.2. The van der Waals surface area contributed by atoms with Crippen LogP contribution in [-0.2, 0) is 0 Å². The monoisotopic (exact) mass is 355 g/mol. The van der Waals surface area contributed by atoms with Gasteiger partial charge >= 0.3 is 0 Å². The number of hydrogen-bond donors (Lipinski definition) is 2. The van der Waals surface area contributed by atoms with Crippen LogP contribution in [0.2, 0.25) is 0 Å². The summed E-state index contributed by atoms with van der Waals surface area (Å²) in [7, 11) is 0. The minimum atomic E-state index is -1.18. The number of rotatable bonds is 5. The molecule has 0 aliphatic carbocycles. The minimum absolute atomic E-state index is 0.0959. The van der Waals surface area contributed by atoms with Crippen LogP contribution in [0.25, 0.3) is 11.1 Å². The fraction of sp³-hybridized carbons (Fsp3) is 0.381. The van der Waals surface area contributed by atoms with E-state index in [0.29, 0.717) is 18.5 Å². The van der Waals surface area contributed by atoms with Gasteiger partial charge in [-0.3, -0.25) is 4.79 Å². The Bertz CT molecular complexity index is 789. The molecule has 1 atom stereocenters. The van der Waals surface area contributed by atoms with Crippen molar-refractivity contribution >= 4 is 5.91 Å². The summed E-state index contributed by atoms with van der Waals surface area (Å²) in [6.45, 7) is 4.23. The van der Waals surface area contributed by atoms with Gasteiger partial charge in [-0.1, -0.05) is 24.3 Å². The highest BCUT2D eigenvalue weighted by molar-refractivity contribution is 5.95. The lowest BCUT2D eigenvalue weighted by molar-refractivity contribution is -0.00455. The van der Waals surface area contributed by atoms with Gasteiger partial charge in [-0.25, -0.2) is 0 Å². The van der Waals surface area contributed by atoms with Crippen LogP contribution in [0.5, 0.6) is 5.75 Å². The van der Waals surface area contributed by atoms with Crippen LogP contribution in [-0.4, -0.2) is 52.4 Å². The van der Waals surface area contributed by atoms with Gasteiger partial charge in [0.25, 0.3) is 5.91 Å². The van der Waals surface area contributed by atoms with E-state index < -0.39 is 5.60 Å². The fourth-order valence-corrected chi connectivity index (χ4v) is 3.19. The molecule has 1 heterocycles. The molecule has 2 aromatic rings.